The van der Waals surface area contributed by atoms with Crippen molar-refractivity contribution < 1.29 is 9.53 Å². The number of hydrogen-bond donors (Lipinski definition) is 1. The number of hydrogen-bond acceptors (Lipinski definition) is 5. The molecule has 146 valence electrons. The number of aryl methyl sites for hydroxylation is 1. The van der Waals surface area contributed by atoms with Crippen molar-refractivity contribution in [2.24, 2.45) is 0 Å². The molecule has 1 aromatic carbocycles. The zero-order chi connectivity index (χ0) is 19.3. The second-order valence-electron chi connectivity index (χ2n) is 6.77. The van der Waals surface area contributed by atoms with Gasteiger partial charge in [0.2, 0.25) is 0 Å². The minimum Gasteiger partial charge on any atom is -0.378 e. The van der Waals surface area contributed by atoms with Gasteiger partial charge in [-0.2, -0.15) is 5.10 Å². The van der Waals surface area contributed by atoms with Gasteiger partial charge in [-0.05, 0) is 48.7 Å². The van der Waals surface area contributed by atoms with Gasteiger partial charge in [0, 0.05) is 36.6 Å². The van der Waals surface area contributed by atoms with Crippen LogP contribution in [-0.4, -0.2) is 48.5 Å². The maximum Gasteiger partial charge on any atom is 0.251 e. The van der Waals surface area contributed by atoms with Crippen LogP contribution >= 0.6 is 11.3 Å². The Hall–Kier alpha value is -2.64. The number of nitrogens with zero attached hydrogens (tertiary/aromatic N) is 3. The topological polar surface area (TPSA) is 59.4 Å². The third-order valence-electron chi connectivity index (χ3n) is 4.87. The standard InChI is InChI=1S/C21H24N4O2S/c1-16-15-19(20-3-2-14-28-20)23-25(16)9-8-22-21(26)17-4-6-18(7-5-17)24-10-12-27-13-11-24/h2-7,14-15H,8-13H2,1H3,(H,22,26). The molecule has 0 aliphatic carbocycles. The first-order valence-electron chi connectivity index (χ1n) is 9.50. The summed E-state index contributed by atoms with van der Waals surface area (Å²) in [5, 5.41) is 9.68. The molecule has 0 spiro atoms. The van der Waals surface area contributed by atoms with E-state index in [9.17, 15) is 4.79 Å². The van der Waals surface area contributed by atoms with Crippen LogP contribution in [0.4, 0.5) is 5.69 Å². The molecule has 1 saturated heterocycles. The Morgan fingerprint density at radius 3 is 2.71 bits per heavy atom. The maximum atomic E-state index is 12.4. The quantitative estimate of drug-likeness (QED) is 0.695. The van der Waals surface area contributed by atoms with Crippen molar-refractivity contribution in [3.05, 3.63) is 59.1 Å². The van der Waals surface area contributed by atoms with Gasteiger partial charge in [0.05, 0.1) is 24.6 Å². The fourth-order valence-corrected chi connectivity index (χ4v) is 3.99. The highest BCUT2D eigenvalue weighted by atomic mass is 32.1. The average Bonchev–Trinajstić information content (AvgIpc) is 3.39. The number of amides is 1. The lowest BCUT2D eigenvalue weighted by Gasteiger charge is -2.28. The molecule has 1 fully saturated rings. The summed E-state index contributed by atoms with van der Waals surface area (Å²) in [4.78, 5) is 15.9. The van der Waals surface area contributed by atoms with Gasteiger partial charge >= 0.3 is 0 Å². The molecule has 3 aromatic rings. The Balaban J connectivity index is 1.31. The zero-order valence-corrected chi connectivity index (χ0v) is 16.7. The van der Waals surface area contributed by atoms with E-state index in [0.717, 1.165) is 48.3 Å². The second kappa shape index (κ2) is 8.58. The maximum absolute atomic E-state index is 12.4. The molecule has 0 unspecified atom stereocenters. The van der Waals surface area contributed by atoms with Gasteiger partial charge in [-0.1, -0.05) is 6.07 Å². The molecule has 0 atom stereocenters. The SMILES string of the molecule is Cc1cc(-c2cccs2)nn1CCNC(=O)c1ccc(N2CCOCC2)cc1. The molecule has 6 nitrogen and oxygen atoms in total. The molecule has 7 heteroatoms. The number of carbonyl (C=O) groups is 1. The Morgan fingerprint density at radius 2 is 2.00 bits per heavy atom. The Kier molecular flexibility index (Phi) is 5.73. The number of morpholine rings is 1. The third-order valence-corrected chi connectivity index (χ3v) is 5.76. The van der Waals surface area contributed by atoms with Crippen molar-refractivity contribution in [3.63, 3.8) is 0 Å². The number of benzene rings is 1. The smallest absolute Gasteiger partial charge is 0.251 e. The van der Waals surface area contributed by atoms with E-state index in [1.807, 2.05) is 47.3 Å². The summed E-state index contributed by atoms with van der Waals surface area (Å²) in [6, 6.07) is 14.0. The van der Waals surface area contributed by atoms with Gasteiger partial charge in [0.15, 0.2) is 0 Å². The molecular weight excluding hydrogens is 372 g/mol. The lowest BCUT2D eigenvalue weighted by atomic mass is 10.1. The average molecular weight is 397 g/mol. The second-order valence-corrected chi connectivity index (χ2v) is 7.72. The summed E-state index contributed by atoms with van der Waals surface area (Å²) in [6.45, 7) is 6.51. The van der Waals surface area contributed by atoms with Crippen molar-refractivity contribution in [1.29, 1.82) is 0 Å². The van der Waals surface area contributed by atoms with Crippen LogP contribution in [0.25, 0.3) is 10.6 Å². The Bertz CT molecular complexity index is 913. The summed E-state index contributed by atoms with van der Waals surface area (Å²) in [7, 11) is 0. The van der Waals surface area contributed by atoms with Crippen LogP contribution in [0, 0.1) is 6.92 Å². The first kappa shape index (κ1) is 18.7. The molecule has 1 amide bonds. The molecule has 0 saturated carbocycles. The zero-order valence-electron chi connectivity index (χ0n) is 15.9. The Labute approximate surface area is 168 Å². The van der Waals surface area contributed by atoms with E-state index < -0.39 is 0 Å². The lowest BCUT2D eigenvalue weighted by molar-refractivity contribution is 0.0951. The summed E-state index contributed by atoms with van der Waals surface area (Å²) in [5.74, 6) is -0.0585. The van der Waals surface area contributed by atoms with Crippen LogP contribution in [0.3, 0.4) is 0 Å². The fraction of sp³-hybridized carbons (Fsp3) is 0.333. The van der Waals surface area contributed by atoms with E-state index in [2.05, 4.69) is 27.4 Å². The van der Waals surface area contributed by atoms with Crippen molar-refractivity contribution in [1.82, 2.24) is 15.1 Å². The number of anilines is 1. The molecule has 0 bridgehead atoms. The fourth-order valence-electron chi connectivity index (χ4n) is 3.30. The van der Waals surface area contributed by atoms with E-state index in [1.165, 1.54) is 0 Å². The Morgan fingerprint density at radius 1 is 1.21 bits per heavy atom. The highest BCUT2D eigenvalue weighted by Gasteiger charge is 2.12. The van der Waals surface area contributed by atoms with Gasteiger partial charge in [-0.15, -0.1) is 11.3 Å². The third kappa shape index (κ3) is 4.26. The van der Waals surface area contributed by atoms with Gasteiger partial charge in [0.25, 0.3) is 5.91 Å². The van der Waals surface area contributed by atoms with Crippen LogP contribution in [-0.2, 0) is 11.3 Å². The molecular formula is C21H24N4O2S. The van der Waals surface area contributed by atoms with Crippen LogP contribution in [0.5, 0.6) is 0 Å². The highest BCUT2D eigenvalue weighted by molar-refractivity contribution is 7.13. The summed E-state index contributed by atoms with van der Waals surface area (Å²) >= 11 is 1.68. The highest BCUT2D eigenvalue weighted by Crippen LogP contribution is 2.23. The molecule has 2 aromatic heterocycles. The number of rotatable bonds is 6. The van der Waals surface area contributed by atoms with E-state index >= 15 is 0 Å². The molecule has 3 heterocycles. The molecule has 4 rings (SSSR count). The van der Waals surface area contributed by atoms with Crippen molar-refractivity contribution in [2.75, 3.05) is 37.7 Å². The molecule has 1 aliphatic heterocycles. The minimum absolute atomic E-state index is 0.0585. The number of aromatic nitrogens is 2. The summed E-state index contributed by atoms with van der Waals surface area (Å²) in [6.07, 6.45) is 0. The van der Waals surface area contributed by atoms with E-state index in [-0.39, 0.29) is 5.91 Å². The number of carbonyl (C=O) groups excluding carboxylic acids is 1. The van der Waals surface area contributed by atoms with Crippen LogP contribution < -0.4 is 10.2 Å². The van der Waals surface area contributed by atoms with Crippen molar-refractivity contribution in [3.8, 4) is 10.6 Å². The molecule has 0 radical (unpaired) electrons. The molecule has 28 heavy (non-hydrogen) atoms. The first-order valence-corrected chi connectivity index (χ1v) is 10.4. The van der Waals surface area contributed by atoms with Gasteiger partial charge in [0.1, 0.15) is 5.69 Å². The number of thiophene rings is 1. The van der Waals surface area contributed by atoms with E-state index in [4.69, 9.17) is 4.74 Å². The first-order chi connectivity index (χ1) is 13.7. The predicted octanol–water partition coefficient (Wildman–Crippen LogP) is 3.19. The molecule has 1 N–H and O–H groups in total. The number of nitrogens with one attached hydrogen (secondary N) is 1. The summed E-state index contributed by atoms with van der Waals surface area (Å²) < 4.78 is 7.32. The van der Waals surface area contributed by atoms with Crippen LogP contribution in [0.15, 0.2) is 47.8 Å². The van der Waals surface area contributed by atoms with Crippen LogP contribution in [0.2, 0.25) is 0 Å². The monoisotopic (exact) mass is 396 g/mol. The normalized spacial score (nSPS) is 14.2. The lowest BCUT2D eigenvalue weighted by Crippen LogP contribution is -2.36. The predicted molar refractivity (Wildman–Crippen MR) is 112 cm³/mol. The van der Waals surface area contributed by atoms with Crippen molar-refractivity contribution in [2.45, 2.75) is 13.5 Å². The van der Waals surface area contributed by atoms with Crippen molar-refractivity contribution >= 4 is 22.9 Å². The van der Waals surface area contributed by atoms with Crippen LogP contribution in [0.1, 0.15) is 16.1 Å². The van der Waals surface area contributed by atoms with Gasteiger partial charge in [-0.25, -0.2) is 0 Å². The van der Waals surface area contributed by atoms with Gasteiger partial charge < -0.3 is 15.0 Å². The number of ether oxygens (including phenoxy) is 1. The summed E-state index contributed by atoms with van der Waals surface area (Å²) in [5.41, 5.74) is 3.88. The minimum atomic E-state index is -0.0585. The largest absolute Gasteiger partial charge is 0.378 e. The van der Waals surface area contributed by atoms with E-state index in [1.54, 1.807) is 11.3 Å². The molecule has 1 aliphatic rings. The van der Waals surface area contributed by atoms with Gasteiger partial charge in [-0.3, -0.25) is 9.48 Å². The van der Waals surface area contributed by atoms with E-state index in [0.29, 0.717) is 18.7 Å².